The number of fused-ring (bicyclic) bond motifs is 7. The van der Waals surface area contributed by atoms with Crippen LogP contribution in [-0.2, 0) is 61.0 Å². The predicted octanol–water partition coefficient (Wildman–Crippen LogP) is 2.67. The number of ether oxygens (including phenoxy) is 2. The average Bonchev–Trinajstić information content (AvgIpc) is 1.53. The SMILES string of the molecule is COc1ccc2c(c1)ncn2[C@H]1O[C@H](COP(=O)(O)O)[C@@H](OP(=O)(O)O[C@H](C)CNC(=O)CC[C@@]2(C)C3=N[C@H]([C@@H]2CC(N)=O)[C@]2(C)N=C(/C(C)=C4\NC(=CC5=NC(=C3C)[C@@H](CCC(N)=O)C5(C)C)[C@@H](CCC(N)=O)[C@]4(C)CC(N)=O)[C@@H](CCC(N)=O)[C@]2(C)CC(N)=O)[C@H]1O. The molecule has 0 saturated carbocycles. The number of benzene rings is 1. The number of rotatable bonds is 29. The second-order valence-corrected chi connectivity index (χ2v) is 29.7. The monoisotopic (exact) mass is 1350 g/mol. The minimum atomic E-state index is -5.27. The van der Waals surface area contributed by atoms with Crippen LogP contribution in [0.3, 0.4) is 0 Å². The molecule has 18 N–H and O–H groups in total. The Balaban J connectivity index is 1.19. The van der Waals surface area contributed by atoms with E-state index in [4.69, 9.17) is 67.9 Å². The molecule has 2 saturated heterocycles. The molecule has 2 fully saturated rings. The van der Waals surface area contributed by atoms with E-state index in [-0.39, 0.29) is 70.6 Å². The molecule has 6 aliphatic heterocycles. The van der Waals surface area contributed by atoms with Crippen LogP contribution in [0.15, 0.2) is 73.8 Å². The molecule has 1 unspecified atom stereocenters. The zero-order chi connectivity index (χ0) is 69.7. The number of hydrogen-bond acceptors (Lipinski definition) is 20. The van der Waals surface area contributed by atoms with Crippen molar-refractivity contribution in [1.29, 1.82) is 0 Å². The molecule has 516 valence electrons. The lowest BCUT2D eigenvalue weighted by Crippen LogP contribution is -2.56. The largest absolute Gasteiger partial charge is 0.497 e. The number of aliphatic hydroxyl groups is 1. The summed E-state index contributed by atoms with van der Waals surface area (Å²) >= 11 is 0. The van der Waals surface area contributed by atoms with Gasteiger partial charge in [0.25, 0.3) is 0 Å². The first kappa shape index (κ1) is 72.8. The summed E-state index contributed by atoms with van der Waals surface area (Å²) in [7, 11) is -8.96. The molecule has 0 aliphatic carbocycles. The van der Waals surface area contributed by atoms with Crippen molar-refractivity contribution in [2.75, 3.05) is 20.3 Å². The van der Waals surface area contributed by atoms with Crippen LogP contribution < -0.4 is 49.8 Å². The molecule has 8 bridgehead atoms. The van der Waals surface area contributed by atoms with Gasteiger partial charge in [-0.05, 0) is 82.7 Å². The Hall–Kier alpha value is -7.05. The molecule has 6 aliphatic rings. The van der Waals surface area contributed by atoms with Gasteiger partial charge >= 0.3 is 15.6 Å². The van der Waals surface area contributed by atoms with E-state index in [0.29, 0.717) is 62.2 Å². The van der Waals surface area contributed by atoms with Crippen LogP contribution in [0.4, 0.5) is 0 Å². The van der Waals surface area contributed by atoms with Crippen LogP contribution >= 0.6 is 15.6 Å². The smallest absolute Gasteiger partial charge is 0.472 e. The highest BCUT2D eigenvalue weighted by Crippen LogP contribution is 2.63. The molecule has 2 aromatic rings. The number of nitrogens with zero attached hydrogens (tertiary/aromatic N) is 5. The van der Waals surface area contributed by atoms with Crippen LogP contribution in [-0.4, -0.2) is 144 Å². The summed E-state index contributed by atoms with van der Waals surface area (Å²) in [6.45, 7) is 14.8. The fraction of sp³-hybridized carbons (Fsp3) is 0.623. The number of allylic oxidation sites excluding steroid dienone is 6. The van der Waals surface area contributed by atoms with Crippen molar-refractivity contribution >= 4 is 85.2 Å². The lowest BCUT2D eigenvalue weighted by atomic mass is 9.55. The Morgan fingerprint density at radius 3 is 2.01 bits per heavy atom. The quantitative estimate of drug-likeness (QED) is 0.0521. The number of methoxy groups -OCH3 is 1. The number of hydrogen-bond donors (Lipinski definition) is 12. The summed E-state index contributed by atoms with van der Waals surface area (Å²) in [6, 6.07) is 3.75. The van der Waals surface area contributed by atoms with Gasteiger partial charge in [-0.1, -0.05) is 34.6 Å². The maximum Gasteiger partial charge on any atom is 0.472 e. The number of phosphoric ester groups is 2. The Bertz CT molecular complexity index is 3710. The molecule has 33 heteroatoms. The molecule has 7 heterocycles. The number of amides is 7. The van der Waals surface area contributed by atoms with E-state index in [1.807, 2.05) is 40.7 Å². The summed E-state index contributed by atoms with van der Waals surface area (Å²) in [5.74, 6) is -7.03. The molecule has 7 amide bonds. The molecule has 8 rings (SSSR count). The number of nitrogens with one attached hydrogen (secondary N) is 2. The van der Waals surface area contributed by atoms with Crippen LogP contribution in [0, 0.1) is 45.3 Å². The number of imidazole rings is 1. The van der Waals surface area contributed by atoms with Crippen molar-refractivity contribution in [1.82, 2.24) is 20.2 Å². The van der Waals surface area contributed by atoms with Crippen molar-refractivity contribution in [3.63, 3.8) is 0 Å². The van der Waals surface area contributed by atoms with Crippen molar-refractivity contribution < 1.29 is 85.5 Å². The lowest BCUT2D eigenvalue weighted by Gasteiger charge is -2.48. The zero-order valence-electron chi connectivity index (χ0n) is 54.5. The van der Waals surface area contributed by atoms with E-state index in [1.165, 1.54) is 24.9 Å². The van der Waals surface area contributed by atoms with E-state index in [9.17, 15) is 62.5 Å². The molecule has 0 spiro atoms. The third-order valence-corrected chi connectivity index (χ3v) is 22.0. The van der Waals surface area contributed by atoms with E-state index < -0.39 is 158 Å². The topological polar surface area (TPSA) is 516 Å². The number of aliphatic imine (C=N–C) groups is 3. The first-order chi connectivity index (χ1) is 43.6. The molecule has 94 heavy (non-hydrogen) atoms. The molecule has 1 aromatic carbocycles. The third-order valence-electron chi connectivity index (χ3n) is 20.4. The maximum atomic E-state index is 14.4. The van der Waals surface area contributed by atoms with Crippen LogP contribution in [0.5, 0.6) is 5.75 Å². The first-order valence-corrected chi connectivity index (χ1v) is 34.0. The van der Waals surface area contributed by atoms with E-state index >= 15 is 0 Å². The predicted molar refractivity (Wildman–Crippen MR) is 342 cm³/mol. The molecule has 0 radical (unpaired) electrons. The van der Waals surface area contributed by atoms with Gasteiger partial charge in [-0.3, -0.25) is 62.1 Å². The molecule has 15 atom stereocenters. The number of carbonyl (C=O) groups excluding carboxylic acids is 7. The van der Waals surface area contributed by atoms with Gasteiger partial charge in [0.1, 0.15) is 24.1 Å². The Kier molecular flexibility index (Phi) is 21.1. The van der Waals surface area contributed by atoms with E-state index in [1.54, 1.807) is 39.0 Å². The van der Waals surface area contributed by atoms with Crippen LogP contribution in [0.25, 0.3) is 11.0 Å². The molecular formula is C61H89N13O18P2. The summed E-state index contributed by atoms with van der Waals surface area (Å²) in [6.07, 6.45) is -5.89. The number of aliphatic hydroxyl groups excluding tert-OH is 1. The lowest BCUT2D eigenvalue weighted by molar-refractivity contribution is -0.124. The minimum Gasteiger partial charge on any atom is -0.497 e. The van der Waals surface area contributed by atoms with E-state index in [2.05, 4.69) is 20.1 Å². The third kappa shape index (κ3) is 14.5. The van der Waals surface area contributed by atoms with Gasteiger partial charge in [-0.2, -0.15) is 0 Å². The number of aromatic nitrogens is 2. The van der Waals surface area contributed by atoms with Crippen LogP contribution in [0.1, 0.15) is 139 Å². The van der Waals surface area contributed by atoms with Gasteiger partial charge in [0.15, 0.2) is 6.23 Å². The number of carbonyl (C=O) groups is 7. The van der Waals surface area contributed by atoms with Gasteiger partial charge in [0.05, 0.1) is 48.8 Å². The molecule has 31 nitrogen and oxygen atoms in total. The minimum absolute atomic E-state index is 0.0438. The van der Waals surface area contributed by atoms with Gasteiger partial charge in [-0.15, -0.1) is 0 Å². The Morgan fingerprint density at radius 2 is 1.43 bits per heavy atom. The zero-order valence-corrected chi connectivity index (χ0v) is 56.2. The van der Waals surface area contributed by atoms with Crippen molar-refractivity contribution in [2.45, 2.75) is 175 Å². The second kappa shape index (κ2) is 27.2. The van der Waals surface area contributed by atoms with Crippen molar-refractivity contribution in [3.05, 3.63) is 58.8 Å². The number of nitrogens with two attached hydrogens (primary N) is 6. The maximum absolute atomic E-state index is 14.4. The highest BCUT2D eigenvalue weighted by Gasteiger charge is 2.66. The van der Waals surface area contributed by atoms with Crippen molar-refractivity contribution in [2.24, 2.45) is 94.7 Å². The normalized spacial score (nSPS) is 32.1. The second-order valence-electron chi connectivity index (χ2n) is 27.1. The number of phosphoric acid groups is 2. The van der Waals surface area contributed by atoms with Gasteiger partial charge < -0.3 is 78.9 Å². The van der Waals surface area contributed by atoms with Gasteiger partial charge in [0.2, 0.25) is 41.4 Å². The fourth-order valence-electron chi connectivity index (χ4n) is 15.5. The summed E-state index contributed by atoms with van der Waals surface area (Å²) in [5.41, 5.74) is 34.6. The fourth-order valence-corrected chi connectivity index (χ4v) is 16.9. The summed E-state index contributed by atoms with van der Waals surface area (Å²) in [4.78, 5) is 145. The van der Waals surface area contributed by atoms with Gasteiger partial charge in [-0.25, -0.2) is 14.1 Å². The number of primary amides is 6. The highest BCUT2D eigenvalue weighted by atomic mass is 31.2. The Morgan fingerprint density at radius 1 is 0.809 bits per heavy atom. The molecule has 1 aromatic heterocycles. The van der Waals surface area contributed by atoms with E-state index in [0.717, 1.165) is 0 Å². The van der Waals surface area contributed by atoms with Gasteiger partial charge in [0, 0.05) is 137 Å². The standard InChI is InChI=1S/C61H89N13O18P2/c1-29(91-94(86,87)92-52-40(27-89-93(83,84)85)90-56(51(52)82)74-28-69-38-21-32(88-10)11-15-39(38)74)26-68-48(81)19-20-58(6)36(22-45(65)78)55-61(9)60(8,25-47(67)80)35(14-18-44(64)77)50(73-61)31(3)54-59(7,24-46(66)79)33(12-16-42(62)75)37(70-54)23-41-57(4,5)34(13-17-43(63)76)49(71-41)30(2)53(58)72-55/h11,15,21,23,28-29,33-36,40,51-52,55-56,70,82H,12-14,16-20,22,24-27H2,1-10H3,(H2,62,75)(H2,63,76)(H2,64,77)(H2,65,78)(H2,66,79)(H2,67,80)(H,68,81)(H,86,87)(H2,83,84,85)/b37-23?,49-30?,54-31-/t29-,33-,34-,35-,36+,40-,51-,52-,55-,56+,58-,59+,60+,61+/m1/s1. The summed E-state index contributed by atoms with van der Waals surface area (Å²) in [5, 5.41) is 18.0. The summed E-state index contributed by atoms with van der Waals surface area (Å²) < 4.78 is 53.9. The highest BCUT2D eigenvalue weighted by molar-refractivity contribution is 7.47. The van der Waals surface area contributed by atoms with Crippen molar-refractivity contribution in [3.8, 4) is 5.75 Å². The Labute approximate surface area is 543 Å². The van der Waals surface area contributed by atoms with Crippen LogP contribution in [0.2, 0.25) is 0 Å². The molecular weight excluding hydrogens is 1260 g/mol. The first-order valence-electron chi connectivity index (χ1n) is 31.0. The average molecular weight is 1350 g/mol.